The van der Waals surface area contributed by atoms with Crippen molar-refractivity contribution < 1.29 is 4.57 Å². The first-order valence-electron chi connectivity index (χ1n) is 3.45. The first-order valence-corrected chi connectivity index (χ1v) is 4.85. The zero-order valence-corrected chi connectivity index (χ0v) is 7.32. The molecule has 0 rings (SSSR count). The molecule has 0 aromatic rings. The van der Waals surface area contributed by atoms with E-state index in [1.807, 2.05) is 25.4 Å². The Morgan fingerprint density at radius 2 is 1.67 bits per heavy atom. The van der Waals surface area contributed by atoms with Gasteiger partial charge in [0.1, 0.15) is 0 Å². The van der Waals surface area contributed by atoms with Crippen LogP contribution in [0.5, 0.6) is 0 Å². The monoisotopic (exact) mass is 148 g/mol. The van der Waals surface area contributed by atoms with E-state index in [4.69, 9.17) is 0 Å². The van der Waals surface area contributed by atoms with Crippen molar-refractivity contribution in [3.63, 3.8) is 0 Å². The third-order valence-electron chi connectivity index (χ3n) is 1.32. The van der Waals surface area contributed by atoms with Gasteiger partial charge in [-0.15, -0.1) is 0 Å². The molecule has 9 heavy (non-hydrogen) atoms. The van der Waals surface area contributed by atoms with Gasteiger partial charge in [0.05, 0.1) is 0 Å². The van der Waals surface area contributed by atoms with Crippen LogP contribution in [0.3, 0.4) is 0 Å². The van der Waals surface area contributed by atoms with Crippen LogP contribution >= 0.6 is 7.95 Å². The minimum atomic E-state index is -1.06. The summed E-state index contributed by atoms with van der Waals surface area (Å²) in [6, 6.07) is 0. The van der Waals surface area contributed by atoms with Crippen molar-refractivity contribution in [3.8, 4) is 0 Å². The van der Waals surface area contributed by atoms with E-state index in [2.05, 4.69) is 0 Å². The average Bonchev–Trinajstić information content (AvgIpc) is 1.90. The van der Waals surface area contributed by atoms with Gasteiger partial charge in [-0.25, -0.2) is 0 Å². The van der Waals surface area contributed by atoms with Gasteiger partial charge in [-0.05, 0) is 20.8 Å². The molecular weight excluding hydrogens is 133 g/mol. The van der Waals surface area contributed by atoms with Crippen LogP contribution in [0.1, 0.15) is 20.8 Å². The molecule has 0 bridgehead atoms. The van der Waals surface area contributed by atoms with Crippen molar-refractivity contribution in [2.75, 3.05) is 19.3 Å². The highest BCUT2D eigenvalue weighted by atomic mass is 31.1. The minimum absolute atomic E-state index is 0.775. The molecule has 0 aromatic heterocycles. The van der Waals surface area contributed by atoms with E-state index in [9.17, 15) is 4.57 Å². The summed E-state index contributed by atoms with van der Waals surface area (Å²) >= 11 is 0. The van der Waals surface area contributed by atoms with Crippen molar-refractivity contribution in [2.45, 2.75) is 20.8 Å². The molecule has 0 amide bonds. The molecule has 0 N–H and O–H groups in total. The second kappa shape index (κ2) is 4.89. The SMILES string of the molecule is CCN(CC)[P+](=O)CC. The number of nitrogens with zero attached hydrogens (tertiary/aromatic N) is 1. The summed E-state index contributed by atoms with van der Waals surface area (Å²) in [6.07, 6.45) is 0.775. The van der Waals surface area contributed by atoms with Gasteiger partial charge >= 0.3 is 7.95 Å². The lowest BCUT2D eigenvalue weighted by atomic mass is 10.7. The summed E-state index contributed by atoms with van der Waals surface area (Å²) in [5.74, 6) is 0. The lowest BCUT2D eigenvalue weighted by molar-refractivity contribution is 0.461. The molecule has 0 fully saturated rings. The zero-order valence-electron chi connectivity index (χ0n) is 6.42. The molecule has 0 aliphatic carbocycles. The summed E-state index contributed by atoms with van der Waals surface area (Å²) in [7, 11) is -1.06. The maximum absolute atomic E-state index is 11.0. The zero-order chi connectivity index (χ0) is 7.28. The average molecular weight is 148 g/mol. The summed E-state index contributed by atoms with van der Waals surface area (Å²) in [6.45, 7) is 7.83. The molecule has 0 saturated carbocycles. The maximum atomic E-state index is 11.0. The van der Waals surface area contributed by atoms with Gasteiger partial charge in [0.25, 0.3) is 0 Å². The van der Waals surface area contributed by atoms with Crippen molar-refractivity contribution in [1.82, 2.24) is 4.67 Å². The van der Waals surface area contributed by atoms with Gasteiger partial charge in [0.2, 0.25) is 0 Å². The molecule has 2 nitrogen and oxygen atoms in total. The van der Waals surface area contributed by atoms with Crippen LogP contribution in [0.2, 0.25) is 0 Å². The molecule has 0 radical (unpaired) electrons. The molecule has 0 aromatic carbocycles. The molecule has 0 aliphatic rings. The molecule has 1 atom stereocenters. The van der Waals surface area contributed by atoms with Crippen LogP contribution in [-0.2, 0) is 4.57 Å². The standard InChI is InChI=1S/C6H15NOP/c1-4-7(5-2)9(8)6-3/h4-6H2,1-3H3/q+1. The Kier molecular flexibility index (Phi) is 4.93. The van der Waals surface area contributed by atoms with Crippen LogP contribution in [0.4, 0.5) is 0 Å². The van der Waals surface area contributed by atoms with Crippen molar-refractivity contribution in [1.29, 1.82) is 0 Å². The Morgan fingerprint density at radius 1 is 1.22 bits per heavy atom. The largest absolute Gasteiger partial charge is 0.434 e. The lowest BCUT2D eigenvalue weighted by Gasteiger charge is -2.01. The van der Waals surface area contributed by atoms with Crippen LogP contribution in [0, 0.1) is 0 Å². The van der Waals surface area contributed by atoms with E-state index >= 15 is 0 Å². The van der Waals surface area contributed by atoms with Crippen molar-refractivity contribution >= 4 is 7.95 Å². The summed E-state index contributed by atoms with van der Waals surface area (Å²) in [4.78, 5) is 0. The van der Waals surface area contributed by atoms with Crippen molar-refractivity contribution in [2.24, 2.45) is 0 Å². The first-order chi connectivity index (χ1) is 4.26. The fraction of sp³-hybridized carbons (Fsp3) is 1.00. The minimum Gasteiger partial charge on any atom is -0.0974 e. The van der Waals surface area contributed by atoms with Gasteiger partial charge in [-0.2, -0.15) is 0 Å². The van der Waals surface area contributed by atoms with Crippen LogP contribution < -0.4 is 0 Å². The fourth-order valence-corrected chi connectivity index (χ4v) is 1.77. The van der Waals surface area contributed by atoms with E-state index in [-0.39, 0.29) is 0 Å². The Balaban J connectivity index is 3.64. The highest BCUT2D eigenvalue weighted by molar-refractivity contribution is 7.41. The van der Waals surface area contributed by atoms with E-state index in [1.165, 1.54) is 0 Å². The van der Waals surface area contributed by atoms with Crippen molar-refractivity contribution in [3.05, 3.63) is 0 Å². The van der Waals surface area contributed by atoms with Gasteiger partial charge in [-0.3, -0.25) is 0 Å². The highest BCUT2D eigenvalue weighted by Crippen LogP contribution is 2.24. The van der Waals surface area contributed by atoms with Crippen LogP contribution in [0.25, 0.3) is 0 Å². The Morgan fingerprint density at radius 3 is 1.78 bits per heavy atom. The molecule has 1 unspecified atom stereocenters. The normalized spacial score (nSPS) is 12.2. The second-order valence-electron chi connectivity index (χ2n) is 1.81. The smallest absolute Gasteiger partial charge is 0.0974 e. The van der Waals surface area contributed by atoms with E-state index in [0.717, 1.165) is 19.3 Å². The molecule has 0 aliphatic heterocycles. The number of hydrogen-bond donors (Lipinski definition) is 0. The fourth-order valence-electron chi connectivity index (χ4n) is 0.739. The Labute approximate surface area is 58.1 Å². The summed E-state index contributed by atoms with van der Waals surface area (Å²) in [5.41, 5.74) is 0. The third kappa shape index (κ3) is 2.92. The Hall–Kier alpha value is 0.0600. The maximum Gasteiger partial charge on any atom is 0.434 e. The molecule has 3 heteroatoms. The second-order valence-corrected chi connectivity index (χ2v) is 3.71. The topological polar surface area (TPSA) is 20.3 Å². The first kappa shape index (κ1) is 9.06. The third-order valence-corrected chi connectivity index (χ3v) is 3.05. The Bertz CT molecular complexity index is 91.1. The predicted molar refractivity (Wildman–Crippen MR) is 41.1 cm³/mol. The molecule has 0 spiro atoms. The highest BCUT2D eigenvalue weighted by Gasteiger charge is 2.19. The molecule has 54 valence electrons. The summed E-state index contributed by atoms with van der Waals surface area (Å²) < 4.78 is 13.0. The molecular formula is C6H15NOP+. The molecule has 0 saturated heterocycles. The van der Waals surface area contributed by atoms with Crippen LogP contribution in [0.15, 0.2) is 0 Å². The van der Waals surface area contributed by atoms with Gasteiger partial charge in [0, 0.05) is 13.1 Å². The van der Waals surface area contributed by atoms with Gasteiger partial charge < -0.3 is 0 Å². The van der Waals surface area contributed by atoms with E-state index in [1.54, 1.807) is 0 Å². The van der Waals surface area contributed by atoms with E-state index in [0.29, 0.717) is 0 Å². The van der Waals surface area contributed by atoms with E-state index < -0.39 is 7.95 Å². The predicted octanol–water partition coefficient (Wildman–Crippen LogP) is 2.09. The molecule has 0 heterocycles. The van der Waals surface area contributed by atoms with Crippen LogP contribution in [-0.4, -0.2) is 23.9 Å². The van der Waals surface area contributed by atoms with Gasteiger partial charge in [-0.1, -0.05) is 9.24 Å². The lowest BCUT2D eigenvalue weighted by Crippen LogP contribution is -2.14. The van der Waals surface area contributed by atoms with Gasteiger partial charge in [0.15, 0.2) is 6.16 Å². The number of rotatable bonds is 4. The quantitative estimate of drug-likeness (QED) is 0.569. The summed E-state index contributed by atoms with van der Waals surface area (Å²) in [5, 5.41) is 0. The number of hydrogen-bond acceptors (Lipinski definition) is 1.